The largest absolute Gasteiger partial charge is 0.445 e. The Balaban J connectivity index is 1.44. The fraction of sp³-hybridized carbons (Fsp3) is 0.643. The number of piperazine rings is 1. The second kappa shape index (κ2) is 6.99. The number of hydrogen-bond donors (Lipinski definition) is 0. The zero-order chi connectivity index (χ0) is 15.4. The highest BCUT2D eigenvalue weighted by atomic mass is 16.5. The van der Waals surface area contributed by atoms with Crippen molar-refractivity contribution in [2.24, 2.45) is 0 Å². The minimum absolute atomic E-state index is 0.382. The Morgan fingerprint density at radius 1 is 1.14 bits per heavy atom. The van der Waals surface area contributed by atoms with E-state index in [9.17, 15) is 0 Å². The Morgan fingerprint density at radius 3 is 2.41 bits per heavy atom. The highest BCUT2D eigenvalue weighted by molar-refractivity contribution is 4.91. The molecule has 1 fully saturated rings. The maximum absolute atomic E-state index is 5.52. The van der Waals surface area contributed by atoms with Crippen molar-refractivity contribution < 1.29 is 13.7 Å². The van der Waals surface area contributed by atoms with Crippen molar-refractivity contribution in [2.45, 2.75) is 26.6 Å². The highest BCUT2D eigenvalue weighted by Gasteiger charge is 2.20. The predicted molar refractivity (Wildman–Crippen MR) is 76.8 cm³/mol. The molecule has 0 spiro atoms. The van der Waals surface area contributed by atoms with Crippen molar-refractivity contribution in [3.05, 3.63) is 29.6 Å². The van der Waals surface area contributed by atoms with E-state index in [1.807, 2.05) is 6.92 Å². The van der Waals surface area contributed by atoms with Gasteiger partial charge in [0, 0.05) is 33.3 Å². The van der Waals surface area contributed by atoms with E-state index in [4.69, 9.17) is 13.7 Å². The summed E-state index contributed by atoms with van der Waals surface area (Å²) in [6.45, 7) is 7.61. The first-order valence-electron chi connectivity index (χ1n) is 7.39. The maximum atomic E-state index is 5.52. The fourth-order valence-electron chi connectivity index (χ4n) is 2.50. The molecule has 2 aromatic rings. The summed E-state index contributed by atoms with van der Waals surface area (Å²) in [7, 11) is 1.62. The molecule has 0 radical (unpaired) electrons. The van der Waals surface area contributed by atoms with Crippen molar-refractivity contribution in [1.29, 1.82) is 0 Å². The van der Waals surface area contributed by atoms with E-state index in [-0.39, 0.29) is 0 Å². The fourth-order valence-corrected chi connectivity index (χ4v) is 2.50. The van der Waals surface area contributed by atoms with Gasteiger partial charge >= 0.3 is 0 Å². The van der Waals surface area contributed by atoms with E-state index in [2.05, 4.69) is 24.9 Å². The van der Waals surface area contributed by atoms with E-state index in [1.54, 1.807) is 13.3 Å². The van der Waals surface area contributed by atoms with Crippen LogP contribution in [0.15, 0.2) is 15.1 Å². The average molecular weight is 307 g/mol. The van der Waals surface area contributed by atoms with Crippen LogP contribution in [0.3, 0.4) is 0 Å². The topological polar surface area (TPSA) is 80.7 Å². The molecule has 3 rings (SSSR count). The van der Waals surface area contributed by atoms with Crippen molar-refractivity contribution in [2.75, 3.05) is 33.3 Å². The zero-order valence-electron chi connectivity index (χ0n) is 13.0. The summed E-state index contributed by atoms with van der Waals surface area (Å²) in [4.78, 5) is 13.2. The quantitative estimate of drug-likeness (QED) is 0.776. The molecule has 0 unspecified atom stereocenters. The number of nitrogens with zero attached hydrogens (tertiary/aromatic N) is 5. The van der Waals surface area contributed by atoms with Crippen molar-refractivity contribution in [3.8, 4) is 0 Å². The average Bonchev–Trinajstić information content (AvgIpc) is 3.11. The van der Waals surface area contributed by atoms with Gasteiger partial charge in [0.25, 0.3) is 0 Å². The van der Waals surface area contributed by atoms with Gasteiger partial charge in [-0.05, 0) is 6.92 Å². The molecule has 0 aromatic carbocycles. The Bertz CT molecular complexity index is 589. The Hall–Kier alpha value is -1.77. The van der Waals surface area contributed by atoms with Crippen LogP contribution in [0.25, 0.3) is 0 Å². The van der Waals surface area contributed by atoms with Crippen LogP contribution in [0.1, 0.15) is 23.4 Å². The van der Waals surface area contributed by atoms with Crippen LogP contribution < -0.4 is 0 Å². The number of hydrogen-bond acceptors (Lipinski definition) is 8. The SMILES string of the molecule is COCc1noc(CN2CCN(Cc3ncc(C)o3)CC2)n1. The Morgan fingerprint density at radius 2 is 1.82 bits per heavy atom. The van der Waals surface area contributed by atoms with E-state index in [0.29, 0.717) is 24.9 Å². The Kier molecular flexibility index (Phi) is 4.81. The normalized spacial score (nSPS) is 17.2. The van der Waals surface area contributed by atoms with Crippen LogP contribution in [0.5, 0.6) is 0 Å². The van der Waals surface area contributed by atoms with Crippen LogP contribution in [0.4, 0.5) is 0 Å². The number of rotatable bonds is 6. The number of aryl methyl sites for hydroxylation is 1. The summed E-state index contributed by atoms with van der Waals surface area (Å²) >= 11 is 0. The zero-order valence-corrected chi connectivity index (χ0v) is 13.0. The van der Waals surface area contributed by atoms with Gasteiger partial charge in [-0.15, -0.1) is 0 Å². The first-order chi connectivity index (χ1) is 10.7. The van der Waals surface area contributed by atoms with Gasteiger partial charge in [0.15, 0.2) is 5.82 Å². The lowest BCUT2D eigenvalue weighted by Crippen LogP contribution is -2.45. The molecule has 0 amide bonds. The summed E-state index contributed by atoms with van der Waals surface area (Å²) in [6.07, 6.45) is 1.76. The molecule has 1 aliphatic heterocycles. The number of methoxy groups -OCH3 is 1. The van der Waals surface area contributed by atoms with Crippen LogP contribution >= 0.6 is 0 Å². The third kappa shape index (κ3) is 3.90. The molecule has 0 N–H and O–H groups in total. The Labute approximate surface area is 129 Å². The molecule has 0 atom stereocenters. The number of ether oxygens (including phenoxy) is 1. The molecule has 3 heterocycles. The van der Waals surface area contributed by atoms with Gasteiger partial charge in [-0.3, -0.25) is 9.80 Å². The van der Waals surface area contributed by atoms with Gasteiger partial charge in [0.1, 0.15) is 12.4 Å². The second-order valence-corrected chi connectivity index (χ2v) is 5.45. The molecule has 0 aliphatic carbocycles. The summed E-state index contributed by atoms with van der Waals surface area (Å²) in [5, 5.41) is 3.88. The highest BCUT2D eigenvalue weighted by Crippen LogP contribution is 2.11. The number of oxazole rings is 1. The standard InChI is InChI=1S/C14H21N5O3/c1-11-7-15-13(21-11)8-18-3-5-19(6-4-18)9-14-16-12(10-20-2)17-22-14/h7H,3-6,8-10H2,1-2H3. The van der Waals surface area contributed by atoms with Gasteiger partial charge in [0.05, 0.1) is 19.3 Å². The third-order valence-corrected chi connectivity index (χ3v) is 3.64. The van der Waals surface area contributed by atoms with Gasteiger partial charge < -0.3 is 13.7 Å². The molecule has 8 heteroatoms. The van der Waals surface area contributed by atoms with Crippen LogP contribution in [0, 0.1) is 6.92 Å². The molecule has 2 aromatic heterocycles. The van der Waals surface area contributed by atoms with Crippen LogP contribution in [-0.4, -0.2) is 58.2 Å². The molecular formula is C14H21N5O3. The van der Waals surface area contributed by atoms with E-state index in [0.717, 1.165) is 44.4 Å². The molecule has 1 aliphatic rings. The molecule has 0 saturated carbocycles. The van der Waals surface area contributed by atoms with Gasteiger partial charge in [-0.1, -0.05) is 5.16 Å². The maximum Gasteiger partial charge on any atom is 0.240 e. The molecule has 22 heavy (non-hydrogen) atoms. The van der Waals surface area contributed by atoms with Gasteiger partial charge in [0.2, 0.25) is 11.8 Å². The molecule has 1 saturated heterocycles. The first-order valence-corrected chi connectivity index (χ1v) is 7.39. The smallest absolute Gasteiger partial charge is 0.240 e. The summed E-state index contributed by atoms with van der Waals surface area (Å²) in [6, 6.07) is 0. The van der Waals surface area contributed by atoms with E-state index < -0.39 is 0 Å². The predicted octanol–water partition coefficient (Wildman–Crippen LogP) is 0.830. The minimum Gasteiger partial charge on any atom is -0.445 e. The lowest BCUT2D eigenvalue weighted by molar-refractivity contribution is 0.105. The lowest BCUT2D eigenvalue weighted by atomic mass is 10.3. The van der Waals surface area contributed by atoms with Crippen molar-refractivity contribution in [3.63, 3.8) is 0 Å². The lowest BCUT2D eigenvalue weighted by Gasteiger charge is -2.33. The molecule has 120 valence electrons. The first kappa shape index (κ1) is 15.1. The summed E-state index contributed by atoms with van der Waals surface area (Å²) < 4.78 is 15.7. The third-order valence-electron chi connectivity index (χ3n) is 3.64. The van der Waals surface area contributed by atoms with Crippen molar-refractivity contribution in [1.82, 2.24) is 24.9 Å². The van der Waals surface area contributed by atoms with Gasteiger partial charge in [-0.2, -0.15) is 4.98 Å². The molecule has 0 bridgehead atoms. The second-order valence-electron chi connectivity index (χ2n) is 5.45. The van der Waals surface area contributed by atoms with Crippen molar-refractivity contribution >= 4 is 0 Å². The van der Waals surface area contributed by atoms with Crippen LogP contribution in [0.2, 0.25) is 0 Å². The monoisotopic (exact) mass is 307 g/mol. The van der Waals surface area contributed by atoms with Crippen LogP contribution in [-0.2, 0) is 24.4 Å². The summed E-state index contributed by atoms with van der Waals surface area (Å²) in [5.74, 6) is 2.88. The summed E-state index contributed by atoms with van der Waals surface area (Å²) in [5.41, 5.74) is 0. The molecular weight excluding hydrogens is 286 g/mol. The minimum atomic E-state index is 0.382. The number of aromatic nitrogens is 3. The molecule has 8 nitrogen and oxygen atoms in total. The van der Waals surface area contributed by atoms with E-state index >= 15 is 0 Å². The van der Waals surface area contributed by atoms with E-state index in [1.165, 1.54) is 0 Å². The van der Waals surface area contributed by atoms with Gasteiger partial charge in [-0.25, -0.2) is 4.98 Å².